The second-order valence-electron chi connectivity index (χ2n) is 16.0. The summed E-state index contributed by atoms with van der Waals surface area (Å²) in [6, 6.07) is 47.9. The van der Waals surface area contributed by atoms with E-state index in [1.165, 1.54) is 23.3 Å². The zero-order chi connectivity index (χ0) is 39.2. The van der Waals surface area contributed by atoms with Crippen molar-refractivity contribution in [2.24, 2.45) is 0 Å². The fraction of sp³-hybridized carbons (Fsp3) is 0.176. The van der Waals surface area contributed by atoms with Gasteiger partial charge in [-0.3, -0.25) is 0 Å². The van der Waals surface area contributed by atoms with E-state index in [0.29, 0.717) is 5.56 Å². The molecule has 6 aromatic rings. The van der Waals surface area contributed by atoms with E-state index in [9.17, 15) is 13.2 Å². The fourth-order valence-corrected chi connectivity index (χ4v) is 6.20. The topological polar surface area (TPSA) is 3.24 Å². The Hall–Kier alpha value is -5.87. The van der Waals surface area contributed by atoms with Gasteiger partial charge in [0.2, 0.25) is 0 Å². The first-order valence-electron chi connectivity index (χ1n) is 18.6. The average Bonchev–Trinajstić information content (AvgIpc) is 3.16. The van der Waals surface area contributed by atoms with Crippen LogP contribution in [0.2, 0.25) is 0 Å². The Bertz CT molecular complexity index is 1980. The summed E-state index contributed by atoms with van der Waals surface area (Å²) in [5.41, 5.74) is 11.4. The quantitative estimate of drug-likeness (QED) is 0.134. The van der Waals surface area contributed by atoms with E-state index < -0.39 is 11.7 Å². The molecule has 6 aromatic carbocycles. The zero-order valence-electron chi connectivity index (χ0n) is 32.4. The molecule has 1 nitrogen and oxygen atoms in total. The monoisotopic (exact) mass is 731 g/mol. The summed E-state index contributed by atoms with van der Waals surface area (Å²) in [6.45, 7) is 13.3. The minimum absolute atomic E-state index is 0.117. The van der Waals surface area contributed by atoms with E-state index in [2.05, 4.69) is 180 Å². The lowest BCUT2D eigenvalue weighted by Crippen LogP contribution is -2.10. The molecule has 0 bridgehead atoms. The van der Waals surface area contributed by atoms with Crippen molar-refractivity contribution in [3.05, 3.63) is 196 Å². The molecular weight excluding hydrogens is 684 g/mol. The molecule has 0 unspecified atom stereocenters. The Morgan fingerprint density at radius 2 is 0.509 bits per heavy atom. The number of nitrogens with zero attached hydrogens (tertiary/aromatic N) is 1. The lowest BCUT2D eigenvalue weighted by atomic mass is 9.87. The van der Waals surface area contributed by atoms with Crippen LogP contribution in [0.4, 0.5) is 30.2 Å². The van der Waals surface area contributed by atoms with Crippen molar-refractivity contribution < 1.29 is 13.2 Å². The maximum Gasteiger partial charge on any atom is 0.416 e. The van der Waals surface area contributed by atoms with Crippen LogP contribution < -0.4 is 4.90 Å². The van der Waals surface area contributed by atoms with Crippen LogP contribution in [0.3, 0.4) is 0 Å². The molecule has 6 rings (SSSR count). The van der Waals surface area contributed by atoms with E-state index in [1.54, 1.807) is 0 Å². The van der Waals surface area contributed by atoms with Crippen LogP contribution in [0.15, 0.2) is 146 Å². The molecule has 278 valence electrons. The van der Waals surface area contributed by atoms with Crippen molar-refractivity contribution in [3.8, 4) is 0 Å². The lowest BCUT2D eigenvalue weighted by molar-refractivity contribution is -0.137. The highest BCUT2D eigenvalue weighted by atomic mass is 19.4. The van der Waals surface area contributed by atoms with Crippen molar-refractivity contribution >= 4 is 53.5 Å². The normalized spacial score (nSPS) is 12.6. The fourth-order valence-electron chi connectivity index (χ4n) is 6.20. The molecule has 0 aliphatic carbocycles. The highest BCUT2D eigenvalue weighted by Gasteiger charge is 2.29. The Morgan fingerprint density at radius 3 is 0.709 bits per heavy atom. The molecule has 0 fully saturated rings. The van der Waals surface area contributed by atoms with Crippen molar-refractivity contribution in [1.29, 1.82) is 0 Å². The van der Waals surface area contributed by atoms with Gasteiger partial charge in [0.1, 0.15) is 0 Å². The standard InChI is InChI=1S/C51H48F3N/c1-49(2,3)43-25-13-37(14-26-43)7-10-40-19-31-46(32-20-40)55(47-33-21-41(22-34-47)11-8-38-15-27-44(28-16-38)50(4,5)6)48-35-23-42(24-36-48)12-9-39-17-29-45(30-18-39)51(52,53)54/h7-36H,1-6H3/b10-7+,11-8+,12-9+. The summed E-state index contributed by atoms with van der Waals surface area (Å²) in [5.74, 6) is 0. The summed E-state index contributed by atoms with van der Waals surface area (Å²) in [5, 5.41) is 0. The van der Waals surface area contributed by atoms with Crippen molar-refractivity contribution in [3.63, 3.8) is 0 Å². The molecule has 55 heavy (non-hydrogen) atoms. The van der Waals surface area contributed by atoms with Crippen LogP contribution >= 0.6 is 0 Å². The van der Waals surface area contributed by atoms with Gasteiger partial charge < -0.3 is 4.90 Å². The van der Waals surface area contributed by atoms with E-state index >= 15 is 0 Å². The smallest absolute Gasteiger partial charge is 0.311 e. The number of hydrogen-bond acceptors (Lipinski definition) is 1. The van der Waals surface area contributed by atoms with E-state index in [-0.39, 0.29) is 10.8 Å². The second-order valence-corrected chi connectivity index (χ2v) is 16.0. The average molecular weight is 732 g/mol. The van der Waals surface area contributed by atoms with Crippen molar-refractivity contribution in [1.82, 2.24) is 0 Å². The zero-order valence-corrected chi connectivity index (χ0v) is 32.4. The third-order valence-corrected chi connectivity index (χ3v) is 9.65. The summed E-state index contributed by atoms with van der Waals surface area (Å²) in [7, 11) is 0. The van der Waals surface area contributed by atoms with Crippen molar-refractivity contribution in [2.45, 2.75) is 58.5 Å². The van der Waals surface area contributed by atoms with Gasteiger partial charge in [0.05, 0.1) is 5.56 Å². The Morgan fingerprint density at radius 1 is 0.309 bits per heavy atom. The third kappa shape index (κ3) is 10.4. The van der Waals surface area contributed by atoms with E-state index in [0.717, 1.165) is 57.0 Å². The van der Waals surface area contributed by atoms with Crippen LogP contribution in [0.1, 0.15) is 91.6 Å². The number of halogens is 3. The van der Waals surface area contributed by atoms with Gasteiger partial charge in [0.25, 0.3) is 0 Å². The first kappa shape index (κ1) is 38.8. The minimum Gasteiger partial charge on any atom is -0.311 e. The van der Waals surface area contributed by atoms with E-state index in [1.807, 2.05) is 24.3 Å². The third-order valence-electron chi connectivity index (χ3n) is 9.65. The van der Waals surface area contributed by atoms with Gasteiger partial charge in [0, 0.05) is 17.1 Å². The van der Waals surface area contributed by atoms with Gasteiger partial charge in [-0.2, -0.15) is 13.2 Å². The highest BCUT2D eigenvalue weighted by Crippen LogP contribution is 2.36. The SMILES string of the molecule is CC(C)(C)c1ccc(/C=C/c2ccc(N(c3ccc(/C=C/c4ccc(C(C)(C)C)cc4)cc3)c3ccc(/C=C/c4ccc(C(F)(F)F)cc4)cc3)cc2)cc1. The predicted molar refractivity (Wildman–Crippen MR) is 230 cm³/mol. The maximum atomic E-state index is 13.0. The molecule has 0 aliphatic rings. The van der Waals surface area contributed by atoms with Crippen LogP contribution in [0.25, 0.3) is 36.5 Å². The van der Waals surface area contributed by atoms with E-state index in [4.69, 9.17) is 0 Å². The van der Waals surface area contributed by atoms with Gasteiger partial charge >= 0.3 is 6.18 Å². The van der Waals surface area contributed by atoms with Gasteiger partial charge in [-0.05, 0) is 104 Å². The first-order valence-corrected chi connectivity index (χ1v) is 18.6. The maximum absolute atomic E-state index is 13.0. The molecule has 0 saturated heterocycles. The molecule has 0 aromatic heterocycles. The number of anilines is 3. The number of alkyl halides is 3. The summed E-state index contributed by atoms with van der Waals surface area (Å²) in [4.78, 5) is 2.22. The molecule has 0 aliphatic heterocycles. The Balaban J connectivity index is 1.24. The molecule has 0 amide bonds. The van der Waals surface area contributed by atoms with Crippen LogP contribution in [-0.4, -0.2) is 0 Å². The largest absolute Gasteiger partial charge is 0.416 e. The molecule has 0 heterocycles. The Kier molecular flexibility index (Phi) is 11.5. The molecule has 0 saturated carbocycles. The number of rotatable bonds is 9. The minimum atomic E-state index is -4.35. The predicted octanol–water partition coefficient (Wildman–Crippen LogP) is 15.3. The summed E-state index contributed by atoms with van der Waals surface area (Å²) < 4.78 is 39.0. The number of hydrogen-bond donors (Lipinski definition) is 0. The second kappa shape index (κ2) is 16.2. The number of benzene rings is 6. The molecule has 4 heteroatoms. The van der Waals surface area contributed by atoms with Crippen LogP contribution in [0.5, 0.6) is 0 Å². The van der Waals surface area contributed by atoms with Gasteiger partial charge in [0.15, 0.2) is 0 Å². The summed E-state index contributed by atoms with van der Waals surface area (Å²) >= 11 is 0. The highest BCUT2D eigenvalue weighted by molar-refractivity contribution is 5.80. The van der Waals surface area contributed by atoms with Gasteiger partial charge in [-0.25, -0.2) is 0 Å². The molecule has 0 atom stereocenters. The van der Waals surface area contributed by atoms with Crippen LogP contribution in [-0.2, 0) is 17.0 Å². The molecule has 0 N–H and O–H groups in total. The molecule has 0 radical (unpaired) electrons. The molecule has 0 spiro atoms. The van der Waals surface area contributed by atoms with Gasteiger partial charge in [-0.15, -0.1) is 0 Å². The summed E-state index contributed by atoms with van der Waals surface area (Å²) in [6.07, 6.45) is 7.93. The Labute approximate surface area is 324 Å². The first-order chi connectivity index (χ1) is 26.1. The van der Waals surface area contributed by atoms with Crippen LogP contribution in [0, 0.1) is 0 Å². The molecular formula is C51H48F3N. The van der Waals surface area contributed by atoms with Crippen molar-refractivity contribution in [2.75, 3.05) is 4.90 Å². The lowest BCUT2D eigenvalue weighted by Gasteiger charge is -2.26. The van der Waals surface area contributed by atoms with Gasteiger partial charge in [-0.1, -0.05) is 175 Å².